The zero-order valence-corrected chi connectivity index (χ0v) is 37.9. The average Bonchev–Trinajstić information content (AvgIpc) is 3.52. The van der Waals surface area contributed by atoms with Crippen LogP contribution in [0.2, 0.25) is 0 Å². The Labute approximate surface area is 369 Å². The first kappa shape index (κ1) is 46.8. The first-order valence-corrected chi connectivity index (χ1v) is 23.0. The van der Waals surface area contributed by atoms with E-state index in [1.165, 1.54) is 19.0 Å². The number of carbonyl (C=O) groups is 5. The van der Waals surface area contributed by atoms with E-state index in [1.54, 1.807) is 32.9 Å². The fourth-order valence-electron chi connectivity index (χ4n) is 7.97. The van der Waals surface area contributed by atoms with Crippen molar-refractivity contribution >= 4 is 56.8 Å². The minimum absolute atomic E-state index is 0.0266. The summed E-state index contributed by atoms with van der Waals surface area (Å²) in [5, 5.41) is 11.4. The molecule has 19 heteroatoms. The molecular formula is C44H61N9O9S. The van der Waals surface area contributed by atoms with Crippen molar-refractivity contribution in [2.75, 3.05) is 32.5 Å². The van der Waals surface area contributed by atoms with Crippen molar-refractivity contribution < 1.29 is 41.9 Å². The van der Waals surface area contributed by atoms with E-state index < -0.39 is 75.3 Å². The molecule has 0 unspecified atom stereocenters. The van der Waals surface area contributed by atoms with Crippen LogP contribution in [0.1, 0.15) is 91.2 Å². The Bertz CT molecular complexity index is 2310. The van der Waals surface area contributed by atoms with Crippen molar-refractivity contribution in [3.8, 4) is 6.01 Å². The summed E-state index contributed by atoms with van der Waals surface area (Å²) in [6, 6.07) is 12.6. The number of hydrogen-bond donors (Lipinski definition) is 5. The number of amides is 6. The molecule has 2 aliphatic heterocycles. The third kappa shape index (κ3) is 11.5. The van der Waals surface area contributed by atoms with Gasteiger partial charge in [-0.3, -0.25) is 19.0 Å². The van der Waals surface area contributed by atoms with Crippen LogP contribution in [0.15, 0.2) is 60.7 Å². The number of anilines is 1. The smallest absolute Gasteiger partial charge is 0.408 e. The van der Waals surface area contributed by atoms with E-state index in [-0.39, 0.29) is 37.9 Å². The number of benzene rings is 2. The summed E-state index contributed by atoms with van der Waals surface area (Å²) in [4.78, 5) is 75.4. The molecule has 1 aromatic heterocycles. The van der Waals surface area contributed by atoms with Crippen LogP contribution in [0, 0.1) is 5.92 Å². The molecule has 5 atom stereocenters. The van der Waals surface area contributed by atoms with Crippen LogP contribution < -0.4 is 30.7 Å². The summed E-state index contributed by atoms with van der Waals surface area (Å²) < 4.78 is 42.6. The highest BCUT2D eigenvalue weighted by Gasteiger charge is 2.62. The Hall–Kier alpha value is -5.69. The predicted octanol–water partition coefficient (Wildman–Crippen LogP) is 4.54. The third-order valence-corrected chi connectivity index (χ3v) is 12.7. The zero-order chi connectivity index (χ0) is 45.7. The van der Waals surface area contributed by atoms with Gasteiger partial charge in [-0.15, -0.1) is 0 Å². The number of nitrogens with one attached hydrogen (secondary N) is 5. The molecule has 0 spiro atoms. The number of imidazole rings is 1. The molecule has 3 aromatic rings. The van der Waals surface area contributed by atoms with Crippen molar-refractivity contribution in [1.82, 2.24) is 39.4 Å². The lowest BCUT2D eigenvalue weighted by Gasteiger charge is -2.30. The first-order valence-electron chi connectivity index (χ1n) is 21.6. The van der Waals surface area contributed by atoms with E-state index in [9.17, 15) is 32.4 Å². The Morgan fingerprint density at radius 2 is 1.78 bits per heavy atom. The standard InChI is InChI=1S/C44H61N9O9S/c1-28(2)53-34-22-16-21-32(46-40(57)45-24-23-29-17-12-11-13-18-29)36(34)48-41(53)61-31-25-35-37(54)49-44(39(56)50-63(59,60)51(6)7)26-30(44)19-14-9-8-10-15-20-33(38(55)52(35)27-31)47-42(58)62-43(3,4)5/h11-14,16-19,21-22,28,30-31,33,35H,8-10,15,20,23-27H2,1-7H3,(H,47,58)(H,49,54)(H,50,56)(H2,45,46,57)/b19-14-/t30-,31-,33+,35+,44-/m1/s1. The lowest BCUT2D eigenvalue weighted by atomic mass is 10.0. The van der Waals surface area contributed by atoms with Gasteiger partial charge in [0.05, 0.1) is 17.7 Å². The number of ether oxygens (including phenoxy) is 2. The molecule has 342 valence electrons. The minimum atomic E-state index is -4.20. The van der Waals surface area contributed by atoms with Crippen LogP contribution in [-0.2, 0) is 35.8 Å². The van der Waals surface area contributed by atoms with Crippen molar-refractivity contribution in [2.24, 2.45) is 5.92 Å². The third-order valence-electron chi connectivity index (χ3n) is 11.3. The van der Waals surface area contributed by atoms with Gasteiger partial charge in [0.1, 0.15) is 34.8 Å². The Morgan fingerprint density at radius 3 is 2.48 bits per heavy atom. The Kier molecular flexibility index (Phi) is 14.4. The number of alkyl carbamates (subject to hydrolysis) is 1. The van der Waals surface area contributed by atoms with E-state index in [1.807, 2.05) is 67.0 Å². The van der Waals surface area contributed by atoms with E-state index in [2.05, 4.69) is 26.0 Å². The monoisotopic (exact) mass is 891 g/mol. The van der Waals surface area contributed by atoms with Crippen LogP contribution in [0.5, 0.6) is 6.01 Å². The first-order chi connectivity index (χ1) is 29.8. The Morgan fingerprint density at radius 1 is 1.03 bits per heavy atom. The molecule has 3 heterocycles. The molecule has 3 aliphatic rings. The number of fused-ring (bicyclic) bond motifs is 3. The normalized spacial score (nSPS) is 23.7. The molecule has 1 aliphatic carbocycles. The quantitative estimate of drug-likeness (QED) is 0.169. The molecular weight excluding hydrogens is 831 g/mol. The maximum Gasteiger partial charge on any atom is 0.408 e. The van der Waals surface area contributed by atoms with Crippen molar-refractivity contribution in [2.45, 2.75) is 121 Å². The molecule has 6 amide bonds. The number of carbonyl (C=O) groups excluding carboxylic acids is 5. The topological polar surface area (TPSA) is 222 Å². The highest BCUT2D eigenvalue weighted by atomic mass is 32.2. The van der Waals surface area contributed by atoms with Gasteiger partial charge in [-0.1, -0.05) is 61.4 Å². The number of aromatic nitrogens is 2. The highest BCUT2D eigenvalue weighted by molar-refractivity contribution is 7.87. The molecule has 2 fully saturated rings. The zero-order valence-electron chi connectivity index (χ0n) is 37.1. The number of rotatable bonds is 11. The van der Waals surface area contributed by atoms with Crippen LogP contribution >= 0.6 is 0 Å². The molecule has 5 N–H and O–H groups in total. The van der Waals surface area contributed by atoms with E-state index in [0.717, 1.165) is 22.7 Å². The fraction of sp³-hybridized carbons (Fsp3) is 0.545. The SMILES string of the molecule is CC(C)n1c(O[C@@H]2C[C@H]3C(=O)N[C@]4(C(=O)NS(=O)(=O)N(C)C)C[C@H]4/C=C\CCCCC[C@H](NC(=O)OC(C)(C)C)C(=O)N3C2)nc2c(NC(=O)NCCc3ccccc3)cccc21. The van der Waals surface area contributed by atoms with Crippen LogP contribution in [-0.4, -0.2) is 114 Å². The van der Waals surface area contributed by atoms with Crippen molar-refractivity contribution in [1.29, 1.82) is 0 Å². The fourth-order valence-corrected chi connectivity index (χ4v) is 8.57. The molecule has 1 saturated carbocycles. The number of nitrogens with zero attached hydrogens (tertiary/aromatic N) is 4. The second kappa shape index (κ2) is 19.4. The summed E-state index contributed by atoms with van der Waals surface area (Å²) in [7, 11) is -1.64. The predicted molar refractivity (Wildman–Crippen MR) is 237 cm³/mol. The highest BCUT2D eigenvalue weighted by Crippen LogP contribution is 2.46. The van der Waals surface area contributed by atoms with Gasteiger partial charge in [-0.05, 0) is 84.4 Å². The number of urea groups is 1. The second-order valence-corrected chi connectivity index (χ2v) is 19.8. The van der Waals surface area contributed by atoms with Gasteiger partial charge in [0.2, 0.25) is 11.8 Å². The number of hydrogen-bond acceptors (Lipinski definition) is 10. The number of para-hydroxylation sites is 1. The summed E-state index contributed by atoms with van der Waals surface area (Å²) in [6.07, 6.45) is 5.93. The van der Waals surface area contributed by atoms with Gasteiger partial charge in [-0.25, -0.2) is 14.3 Å². The van der Waals surface area contributed by atoms with Gasteiger partial charge in [0.25, 0.3) is 11.9 Å². The molecule has 63 heavy (non-hydrogen) atoms. The molecule has 0 bridgehead atoms. The van der Waals surface area contributed by atoms with Crippen LogP contribution in [0.25, 0.3) is 11.0 Å². The molecule has 6 rings (SSSR count). The Balaban J connectivity index is 1.29. The van der Waals surface area contributed by atoms with Gasteiger partial charge >= 0.3 is 22.3 Å². The van der Waals surface area contributed by atoms with Gasteiger partial charge in [0, 0.05) is 39.0 Å². The van der Waals surface area contributed by atoms with Gasteiger partial charge < -0.3 is 35.6 Å². The lowest BCUT2D eigenvalue weighted by Crippen LogP contribution is -2.58. The van der Waals surface area contributed by atoms with Gasteiger partial charge in [-0.2, -0.15) is 17.7 Å². The van der Waals surface area contributed by atoms with Crippen LogP contribution in [0.3, 0.4) is 0 Å². The van der Waals surface area contributed by atoms with E-state index in [0.29, 0.717) is 42.5 Å². The molecule has 1 saturated heterocycles. The molecule has 2 aromatic carbocycles. The second-order valence-electron chi connectivity index (χ2n) is 17.9. The van der Waals surface area contributed by atoms with Crippen molar-refractivity contribution in [3.63, 3.8) is 0 Å². The summed E-state index contributed by atoms with van der Waals surface area (Å²) in [5.41, 5.74) is 0.254. The average molecular weight is 892 g/mol. The largest absolute Gasteiger partial charge is 0.459 e. The minimum Gasteiger partial charge on any atom is -0.459 e. The molecule has 18 nitrogen and oxygen atoms in total. The summed E-state index contributed by atoms with van der Waals surface area (Å²) >= 11 is 0. The molecule has 0 radical (unpaired) electrons. The van der Waals surface area contributed by atoms with Crippen LogP contribution in [0.4, 0.5) is 15.3 Å². The van der Waals surface area contributed by atoms with Gasteiger partial charge in [0.15, 0.2) is 0 Å². The maximum absolute atomic E-state index is 14.7. The van der Waals surface area contributed by atoms with Crippen molar-refractivity contribution in [3.05, 3.63) is 66.2 Å². The summed E-state index contributed by atoms with van der Waals surface area (Å²) in [6.45, 7) is 9.38. The van der Waals surface area contributed by atoms with E-state index >= 15 is 0 Å². The lowest BCUT2D eigenvalue weighted by molar-refractivity contribution is -0.141. The van der Waals surface area contributed by atoms with E-state index in [4.69, 9.17) is 14.5 Å². The maximum atomic E-state index is 14.7. The summed E-state index contributed by atoms with van der Waals surface area (Å²) in [5.74, 6) is -2.61. The number of allylic oxidation sites excluding steroid dienone is 1.